The molecule has 0 atom stereocenters. The van der Waals surface area contributed by atoms with Crippen molar-refractivity contribution in [3.05, 3.63) is 105 Å². The smallest absolute Gasteiger partial charge is 0.216 e. The average Bonchev–Trinajstić information content (AvgIpc) is 2.80. The summed E-state index contributed by atoms with van der Waals surface area (Å²) in [5.41, 5.74) is 7.49. The van der Waals surface area contributed by atoms with E-state index in [9.17, 15) is 9.18 Å². The lowest BCUT2D eigenvalue weighted by atomic mass is 9.86. The lowest BCUT2D eigenvalue weighted by Crippen LogP contribution is -2.37. The molecule has 2 aliphatic heterocycles. The van der Waals surface area contributed by atoms with E-state index < -0.39 is 11.2 Å². The van der Waals surface area contributed by atoms with Crippen LogP contribution in [0.1, 0.15) is 23.1 Å². The topological polar surface area (TPSA) is 25.2 Å². The van der Waals surface area contributed by atoms with Gasteiger partial charge in [0.1, 0.15) is 5.82 Å². The first-order valence-electron chi connectivity index (χ1n) is 12.2. The number of aryl methyl sites for hydroxylation is 3. The fraction of sp³-hybridized carbons (Fsp3) is 0.194. The van der Waals surface area contributed by atoms with Crippen molar-refractivity contribution in [3.8, 4) is 28.1 Å². The van der Waals surface area contributed by atoms with Crippen molar-refractivity contribution in [1.82, 2.24) is 4.57 Å². The van der Waals surface area contributed by atoms with Crippen molar-refractivity contribution >= 4 is 16.6 Å². The van der Waals surface area contributed by atoms with Crippen molar-refractivity contribution in [3.63, 3.8) is 0 Å². The maximum atomic E-state index is 15.7. The highest BCUT2D eigenvalue weighted by Crippen LogP contribution is 2.45. The van der Waals surface area contributed by atoms with Crippen molar-refractivity contribution in [2.24, 2.45) is 0 Å². The molecule has 0 unspecified atom stereocenters. The molecule has 3 nitrogen and oxygen atoms in total. The van der Waals surface area contributed by atoms with Crippen LogP contribution < -0.4 is 10.3 Å². The highest BCUT2D eigenvalue weighted by Gasteiger charge is 2.27. The van der Waals surface area contributed by atoms with Gasteiger partial charge in [0.25, 0.3) is 0 Å². The molecule has 180 valence electrons. The van der Waals surface area contributed by atoms with Crippen LogP contribution in [-0.2, 0) is 0 Å². The Morgan fingerprint density at radius 1 is 0.778 bits per heavy atom. The van der Waals surface area contributed by atoms with Crippen molar-refractivity contribution in [2.45, 2.75) is 27.2 Å². The number of aromatic nitrogens is 1. The Kier molecular flexibility index (Phi) is 5.18. The second kappa shape index (κ2) is 8.30. The van der Waals surface area contributed by atoms with Gasteiger partial charge < -0.3 is 9.47 Å². The molecule has 0 spiro atoms. The van der Waals surface area contributed by atoms with Gasteiger partial charge in [0, 0.05) is 41.4 Å². The van der Waals surface area contributed by atoms with E-state index in [0.717, 1.165) is 58.5 Å². The Balaban J connectivity index is 1.87. The fourth-order valence-electron chi connectivity index (χ4n) is 5.64. The zero-order valence-electron chi connectivity index (χ0n) is 20.5. The Labute approximate surface area is 208 Å². The molecule has 0 bridgehead atoms. The summed E-state index contributed by atoms with van der Waals surface area (Å²) in [6, 6.07) is 20.0. The predicted octanol–water partition coefficient (Wildman–Crippen LogP) is 7.18. The van der Waals surface area contributed by atoms with E-state index >= 15 is 4.39 Å². The van der Waals surface area contributed by atoms with E-state index in [0.29, 0.717) is 22.3 Å². The number of nitrogens with zero attached hydrogens (tertiary/aromatic N) is 2. The molecular formula is C31H26F2N2O. The van der Waals surface area contributed by atoms with Crippen LogP contribution in [0.2, 0.25) is 0 Å². The number of para-hydroxylation sites is 1. The first-order valence-corrected chi connectivity index (χ1v) is 12.2. The molecule has 3 aromatic carbocycles. The third-order valence-corrected chi connectivity index (χ3v) is 7.27. The van der Waals surface area contributed by atoms with Crippen LogP contribution in [0.15, 0.2) is 71.5 Å². The van der Waals surface area contributed by atoms with E-state index in [1.807, 2.05) is 66.6 Å². The van der Waals surface area contributed by atoms with Gasteiger partial charge in [-0.3, -0.25) is 4.79 Å². The van der Waals surface area contributed by atoms with Gasteiger partial charge in [-0.2, -0.15) is 0 Å². The number of hydrogen-bond acceptors (Lipinski definition) is 2. The van der Waals surface area contributed by atoms with Crippen LogP contribution in [0.5, 0.6) is 0 Å². The number of fused-ring (bicyclic) bond motifs is 2. The molecule has 0 N–H and O–H groups in total. The molecule has 0 saturated carbocycles. The number of halogens is 2. The van der Waals surface area contributed by atoms with Crippen LogP contribution in [0.3, 0.4) is 0 Å². The molecule has 0 radical (unpaired) electrons. The molecule has 5 heteroatoms. The highest BCUT2D eigenvalue weighted by molar-refractivity contribution is 6.06. The van der Waals surface area contributed by atoms with Crippen molar-refractivity contribution in [2.75, 3.05) is 18.0 Å². The van der Waals surface area contributed by atoms with Gasteiger partial charge in [-0.1, -0.05) is 35.9 Å². The second-order valence-electron chi connectivity index (χ2n) is 9.78. The molecular weight excluding hydrogens is 454 g/mol. The van der Waals surface area contributed by atoms with Crippen LogP contribution in [0.4, 0.5) is 14.5 Å². The third kappa shape index (κ3) is 3.41. The Bertz CT molecular complexity index is 1660. The summed E-state index contributed by atoms with van der Waals surface area (Å²) in [5, 5.41) is 0.682. The zero-order valence-corrected chi connectivity index (χ0v) is 20.5. The summed E-state index contributed by atoms with van der Waals surface area (Å²) in [6.07, 6.45) is 1.03. The Hall–Kier alpha value is -3.99. The minimum Gasteiger partial charge on any atom is -0.369 e. The van der Waals surface area contributed by atoms with Crippen molar-refractivity contribution in [1.29, 1.82) is 0 Å². The van der Waals surface area contributed by atoms with E-state index in [-0.39, 0.29) is 5.82 Å². The summed E-state index contributed by atoms with van der Waals surface area (Å²) < 4.78 is 32.5. The quantitative estimate of drug-likeness (QED) is 0.256. The van der Waals surface area contributed by atoms with Crippen LogP contribution in [-0.4, -0.2) is 17.7 Å². The lowest BCUT2D eigenvalue weighted by molar-refractivity contribution is 0.574. The number of benzene rings is 4. The van der Waals surface area contributed by atoms with E-state index in [2.05, 4.69) is 12.1 Å². The second-order valence-corrected chi connectivity index (χ2v) is 9.78. The van der Waals surface area contributed by atoms with Gasteiger partial charge in [0.2, 0.25) is 5.43 Å². The number of anilines is 1. The zero-order chi connectivity index (χ0) is 25.1. The van der Waals surface area contributed by atoms with Gasteiger partial charge in [0.05, 0.1) is 16.9 Å². The predicted molar refractivity (Wildman–Crippen MR) is 143 cm³/mol. The van der Waals surface area contributed by atoms with E-state index in [4.69, 9.17) is 0 Å². The van der Waals surface area contributed by atoms with Gasteiger partial charge in [-0.25, -0.2) is 8.78 Å². The summed E-state index contributed by atoms with van der Waals surface area (Å²) >= 11 is 0. The number of pyridine rings is 1. The normalized spacial score (nSPS) is 13.4. The van der Waals surface area contributed by atoms with Gasteiger partial charge in [-0.15, -0.1) is 0 Å². The first-order chi connectivity index (χ1) is 17.3. The largest absolute Gasteiger partial charge is 0.369 e. The molecule has 1 saturated heterocycles. The summed E-state index contributed by atoms with van der Waals surface area (Å²) in [5.74, 6) is -1.12. The minimum absolute atomic E-state index is 0.300. The van der Waals surface area contributed by atoms with Crippen LogP contribution in [0, 0.1) is 32.4 Å². The van der Waals surface area contributed by atoms with Crippen molar-refractivity contribution < 1.29 is 8.78 Å². The highest BCUT2D eigenvalue weighted by atomic mass is 19.1. The Morgan fingerprint density at radius 3 is 2.11 bits per heavy atom. The summed E-state index contributed by atoms with van der Waals surface area (Å²) in [4.78, 5) is 14.6. The van der Waals surface area contributed by atoms with E-state index in [1.165, 1.54) is 12.1 Å². The molecule has 36 heavy (non-hydrogen) atoms. The molecule has 3 aliphatic rings. The van der Waals surface area contributed by atoms with Gasteiger partial charge >= 0.3 is 0 Å². The molecule has 2 heterocycles. The molecule has 1 aliphatic carbocycles. The Morgan fingerprint density at radius 2 is 1.47 bits per heavy atom. The van der Waals surface area contributed by atoms with E-state index in [1.54, 1.807) is 6.07 Å². The van der Waals surface area contributed by atoms with Crippen LogP contribution >= 0.6 is 0 Å². The summed E-state index contributed by atoms with van der Waals surface area (Å²) in [6.45, 7) is 7.69. The lowest BCUT2D eigenvalue weighted by Gasteiger charge is -2.34. The fourth-order valence-corrected chi connectivity index (χ4v) is 5.64. The monoisotopic (exact) mass is 480 g/mol. The van der Waals surface area contributed by atoms with Gasteiger partial charge in [0.15, 0.2) is 5.82 Å². The van der Waals surface area contributed by atoms with Crippen LogP contribution in [0.25, 0.3) is 39.0 Å². The minimum atomic E-state index is -0.817. The molecule has 3 aromatic rings. The maximum Gasteiger partial charge on any atom is 0.216 e. The van der Waals surface area contributed by atoms with Gasteiger partial charge in [-0.05, 0) is 74.2 Å². The maximum absolute atomic E-state index is 15.7. The molecule has 6 rings (SSSR count). The summed E-state index contributed by atoms with van der Waals surface area (Å²) in [7, 11) is 0. The average molecular weight is 481 g/mol. The number of hydrogen-bond donors (Lipinski definition) is 0. The number of rotatable bonds is 3. The standard InChI is InChI=1S/C31H26F2N2O/c1-18-12-19(2)30(20(3)13-18)31-22-14-24(32)28(34-10-7-11-34)16-26(22)35(21-8-5-4-6-9-21)27-17-29(36)25(33)15-23(27)31/h4-6,8-9,12-17H,7,10-11H2,1-3H3. The SMILES string of the molecule is Cc1cc(C)c(-c2c3cc(F)c(=O)cc-3n(-c3ccccc3)c3cc(N4CCC4)c(F)cc23)c(C)c1. The first kappa shape index (κ1) is 22.5. The molecule has 1 fully saturated rings. The molecule has 0 aromatic heterocycles. The third-order valence-electron chi connectivity index (χ3n) is 7.27. The molecule has 0 amide bonds.